The minimum atomic E-state index is 0.0388. The molecule has 0 aromatic heterocycles. The number of benzene rings is 1. The molecule has 0 aliphatic heterocycles. The first-order chi connectivity index (χ1) is 10.8. The zero-order chi connectivity index (χ0) is 15.4. The van der Waals surface area contributed by atoms with Crippen LogP contribution in [0.3, 0.4) is 0 Å². The summed E-state index contributed by atoms with van der Waals surface area (Å²) in [7, 11) is 0. The van der Waals surface area contributed by atoms with Crippen LogP contribution in [0, 0.1) is 0 Å². The Morgan fingerprint density at radius 1 is 0.864 bits per heavy atom. The lowest BCUT2D eigenvalue weighted by molar-refractivity contribution is 0.0446. The number of rotatable bonds is 3. The molecule has 2 fully saturated rings. The van der Waals surface area contributed by atoms with Gasteiger partial charge in [0.15, 0.2) is 0 Å². The predicted molar refractivity (Wildman–Crippen MR) is 88.0 cm³/mol. The molecule has 3 heteroatoms. The molecule has 1 amide bonds. The summed E-state index contributed by atoms with van der Waals surface area (Å²) < 4.78 is 0. The molecule has 0 saturated heterocycles. The first kappa shape index (κ1) is 15.4. The van der Waals surface area contributed by atoms with Gasteiger partial charge in [0.2, 0.25) is 0 Å². The maximum Gasteiger partial charge on any atom is 0.258 e. The van der Waals surface area contributed by atoms with Crippen LogP contribution in [-0.2, 0) is 0 Å². The molecule has 1 aromatic carbocycles. The summed E-state index contributed by atoms with van der Waals surface area (Å²) in [5.74, 6) is 0.154. The number of carbonyl (C=O) groups is 1. The molecule has 3 rings (SSSR count). The largest absolute Gasteiger partial charge is 0.507 e. The lowest BCUT2D eigenvalue weighted by atomic mass is 9.88. The van der Waals surface area contributed by atoms with Gasteiger partial charge in [-0.3, -0.25) is 4.79 Å². The van der Waals surface area contributed by atoms with E-state index in [9.17, 15) is 9.90 Å². The molecule has 1 aromatic rings. The van der Waals surface area contributed by atoms with Crippen molar-refractivity contribution < 1.29 is 9.90 Å². The van der Waals surface area contributed by atoms with E-state index >= 15 is 0 Å². The van der Waals surface area contributed by atoms with Crippen LogP contribution in [0.5, 0.6) is 5.75 Å². The van der Waals surface area contributed by atoms with Crippen molar-refractivity contribution in [3.8, 4) is 5.75 Å². The van der Waals surface area contributed by atoms with Gasteiger partial charge in [-0.2, -0.15) is 0 Å². The Morgan fingerprint density at radius 2 is 1.36 bits per heavy atom. The van der Waals surface area contributed by atoms with E-state index in [1.165, 1.54) is 38.5 Å². The van der Waals surface area contributed by atoms with Crippen molar-refractivity contribution in [3.63, 3.8) is 0 Å². The van der Waals surface area contributed by atoms with Gasteiger partial charge in [-0.25, -0.2) is 0 Å². The summed E-state index contributed by atoms with van der Waals surface area (Å²) in [6.07, 6.45) is 12.0. The van der Waals surface area contributed by atoms with E-state index in [1.54, 1.807) is 18.2 Å². The molecule has 0 bridgehead atoms. The number of phenolic OH excluding ortho intramolecular Hbond substituents is 1. The average molecular weight is 301 g/mol. The highest BCUT2D eigenvalue weighted by Crippen LogP contribution is 2.32. The van der Waals surface area contributed by atoms with E-state index < -0.39 is 0 Å². The molecule has 1 N–H and O–H groups in total. The number of carbonyl (C=O) groups excluding carboxylic acids is 1. The van der Waals surface area contributed by atoms with Crippen LogP contribution < -0.4 is 0 Å². The molecule has 2 saturated carbocycles. The monoisotopic (exact) mass is 301 g/mol. The van der Waals surface area contributed by atoms with Crippen LogP contribution in [0.4, 0.5) is 0 Å². The van der Waals surface area contributed by atoms with Gasteiger partial charge in [-0.1, -0.05) is 50.7 Å². The molecule has 2 aliphatic carbocycles. The zero-order valence-electron chi connectivity index (χ0n) is 13.3. The molecular formula is C19H27NO2. The summed E-state index contributed by atoms with van der Waals surface area (Å²) in [5.41, 5.74) is 0.471. The lowest BCUT2D eigenvalue weighted by Gasteiger charge is -2.42. The van der Waals surface area contributed by atoms with Gasteiger partial charge in [-0.05, 0) is 37.8 Å². The highest BCUT2D eigenvalue weighted by Gasteiger charge is 2.33. The Morgan fingerprint density at radius 3 is 1.86 bits per heavy atom. The predicted octanol–water partition coefficient (Wildman–Crippen LogP) is 4.50. The Labute approximate surface area is 133 Å². The number of nitrogens with zero attached hydrogens (tertiary/aromatic N) is 1. The number of hydrogen-bond acceptors (Lipinski definition) is 2. The van der Waals surface area contributed by atoms with E-state index in [-0.39, 0.29) is 11.7 Å². The number of para-hydroxylation sites is 1. The fourth-order valence-corrected chi connectivity index (χ4v) is 4.14. The van der Waals surface area contributed by atoms with Crippen molar-refractivity contribution >= 4 is 5.91 Å². The van der Waals surface area contributed by atoms with E-state index in [0.29, 0.717) is 17.6 Å². The SMILES string of the molecule is O=C(c1ccccc1O)N(C1CCCCC1)C1CCCCC1. The molecule has 3 nitrogen and oxygen atoms in total. The second kappa shape index (κ2) is 7.17. The molecule has 120 valence electrons. The Hall–Kier alpha value is -1.51. The normalized spacial score (nSPS) is 20.7. The van der Waals surface area contributed by atoms with Crippen molar-refractivity contribution in [3.05, 3.63) is 29.8 Å². The van der Waals surface area contributed by atoms with Gasteiger partial charge in [0.05, 0.1) is 5.56 Å². The third kappa shape index (κ3) is 3.29. The molecule has 0 unspecified atom stereocenters. The highest BCUT2D eigenvalue weighted by molar-refractivity contribution is 5.97. The first-order valence-corrected chi connectivity index (χ1v) is 8.88. The number of hydrogen-bond donors (Lipinski definition) is 1. The van der Waals surface area contributed by atoms with Crippen molar-refractivity contribution in [2.75, 3.05) is 0 Å². The van der Waals surface area contributed by atoms with Crippen molar-refractivity contribution in [1.29, 1.82) is 0 Å². The quantitative estimate of drug-likeness (QED) is 0.893. The van der Waals surface area contributed by atoms with Crippen molar-refractivity contribution in [1.82, 2.24) is 4.90 Å². The fraction of sp³-hybridized carbons (Fsp3) is 0.632. The van der Waals surface area contributed by atoms with Crippen LogP contribution in [0.1, 0.15) is 74.6 Å². The first-order valence-electron chi connectivity index (χ1n) is 8.88. The van der Waals surface area contributed by atoms with E-state index in [2.05, 4.69) is 4.90 Å². The lowest BCUT2D eigenvalue weighted by Crippen LogP contribution is -2.48. The van der Waals surface area contributed by atoms with Crippen LogP contribution in [0.25, 0.3) is 0 Å². The molecule has 22 heavy (non-hydrogen) atoms. The van der Waals surface area contributed by atoms with Crippen molar-refractivity contribution in [2.24, 2.45) is 0 Å². The molecule has 0 spiro atoms. The summed E-state index contributed by atoms with van der Waals surface area (Å²) in [6, 6.07) is 7.72. The molecule has 0 atom stereocenters. The third-order valence-corrected chi connectivity index (χ3v) is 5.31. The molecular weight excluding hydrogens is 274 g/mol. The number of phenols is 1. The van der Waals surface area contributed by atoms with Crippen molar-refractivity contribution in [2.45, 2.75) is 76.3 Å². The minimum Gasteiger partial charge on any atom is -0.507 e. The van der Waals surface area contributed by atoms with Crippen LogP contribution in [0.2, 0.25) is 0 Å². The summed E-state index contributed by atoms with van der Waals surface area (Å²) in [6.45, 7) is 0. The fourth-order valence-electron chi connectivity index (χ4n) is 4.14. The Kier molecular flexibility index (Phi) is 5.01. The van der Waals surface area contributed by atoms with Gasteiger partial charge in [0.25, 0.3) is 5.91 Å². The maximum atomic E-state index is 13.1. The molecule has 0 heterocycles. The highest BCUT2D eigenvalue weighted by atomic mass is 16.3. The van der Waals surface area contributed by atoms with Gasteiger partial charge in [0.1, 0.15) is 5.75 Å². The van der Waals surface area contributed by atoms with Gasteiger partial charge in [-0.15, -0.1) is 0 Å². The van der Waals surface area contributed by atoms with Gasteiger partial charge >= 0.3 is 0 Å². The molecule has 2 aliphatic rings. The van der Waals surface area contributed by atoms with Crippen LogP contribution >= 0.6 is 0 Å². The Bertz CT molecular complexity index is 484. The average Bonchev–Trinajstić information content (AvgIpc) is 2.57. The van der Waals surface area contributed by atoms with Gasteiger partial charge in [0, 0.05) is 12.1 Å². The second-order valence-corrected chi connectivity index (χ2v) is 6.81. The standard InChI is InChI=1S/C19H27NO2/c21-18-14-8-7-13-17(18)19(22)20(15-9-3-1-4-10-15)16-11-5-2-6-12-16/h7-8,13-16,21H,1-6,9-12H2. The molecule has 0 radical (unpaired) electrons. The van der Waals surface area contributed by atoms with Crippen LogP contribution in [-0.4, -0.2) is 28.0 Å². The van der Waals surface area contributed by atoms with E-state index in [0.717, 1.165) is 25.7 Å². The summed E-state index contributed by atoms with van der Waals surface area (Å²) in [5, 5.41) is 10.1. The van der Waals surface area contributed by atoms with E-state index in [4.69, 9.17) is 0 Å². The van der Waals surface area contributed by atoms with Gasteiger partial charge < -0.3 is 10.0 Å². The topological polar surface area (TPSA) is 40.5 Å². The number of amides is 1. The number of aromatic hydroxyl groups is 1. The summed E-state index contributed by atoms with van der Waals surface area (Å²) in [4.78, 5) is 15.3. The third-order valence-electron chi connectivity index (χ3n) is 5.31. The zero-order valence-corrected chi connectivity index (χ0v) is 13.3. The smallest absolute Gasteiger partial charge is 0.258 e. The summed E-state index contributed by atoms with van der Waals surface area (Å²) >= 11 is 0. The Balaban J connectivity index is 1.86. The minimum absolute atomic E-state index is 0.0388. The van der Waals surface area contributed by atoms with E-state index in [1.807, 2.05) is 6.07 Å². The maximum absolute atomic E-state index is 13.1. The van der Waals surface area contributed by atoms with Crippen LogP contribution in [0.15, 0.2) is 24.3 Å². The second-order valence-electron chi connectivity index (χ2n) is 6.81.